The second-order valence-corrected chi connectivity index (χ2v) is 8.04. The Balaban J connectivity index is 1.63. The van der Waals surface area contributed by atoms with E-state index >= 15 is 0 Å². The average Bonchev–Trinajstić information content (AvgIpc) is 3.33. The molecule has 0 bridgehead atoms. The quantitative estimate of drug-likeness (QED) is 0.268. The number of aryl methyl sites for hydroxylation is 1. The summed E-state index contributed by atoms with van der Waals surface area (Å²) < 4.78 is 3.32. The molecule has 3 heterocycles. The highest BCUT2D eigenvalue weighted by Crippen LogP contribution is 2.20. The highest BCUT2D eigenvalue weighted by atomic mass is 32.1. The lowest BCUT2D eigenvalue weighted by atomic mass is 10.1. The maximum atomic E-state index is 12.9. The van der Waals surface area contributed by atoms with E-state index in [-0.39, 0.29) is 28.9 Å². The van der Waals surface area contributed by atoms with Crippen molar-refractivity contribution in [3.63, 3.8) is 0 Å². The monoisotopic (exact) mass is 422 g/mol. The van der Waals surface area contributed by atoms with Gasteiger partial charge in [-0.25, -0.2) is 4.98 Å². The van der Waals surface area contributed by atoms with Gasteiger partial charge in [0, 0.05) is 34.0 Å². The molecule has 0 fully saturated rings. The van der Waals surface area contributed by atoms with Crippen LogP contribution in [0, 0.1) is 24.0 Å². The first-order chi connectivity index (χ1) is 14.3. The van der Waals surface area contributed by atoms with Gasteiger partial charge in [0.15, 0.2) is 5.78 Å². The number of rotatable bonds is 6. The van der Waals surface area contributed by atoms with E-state index in [9.17, 15) is 19.7 Å². The van der Waals surface area contributed by atoms with Gasteiger partial charge in [0.2, 0.25) is 0 Å². The number of non-ortho nitro benzene ring substituents is 1. The first kappa shape index (κ1) is 19.7. The molecule has 4 aromatic rings. The average molecular weight is 422 g/mol. The smallest absolute Gasteiger partial charge is 0.271 e. The number of thiophene rings is 1. The number of Topliss-reactive ketones (excluding diaryl/α,β-unsaturated/α-hetero) is 1. The Hall–Kier alpha value is -3.59. The Labute approximate surface area is 175 Å². The summed E-state index contributed by atoms with van der Waals surface area (Å²) >= 11 is 1.66. The lowest BCUT2D eigenvalue weighted by Crippen LogP contribution is -2.25. The predicted octanol–water partition coefficient (Wildman–Crippen LogP) is 3.72. The molecule has 0 saturated heterocycles. The molecule has 0 aliphatic heterocycles. The van der Waals surface area contributed by atoms with Crippen molar-refractivity contribution in [1.82, 2.24) is 14.1 Å². The molecule has 30 heavy (non-hydrogen) atoms. The third-order valence-electron chi connectivity index (χ3n) is 5.10. The van der Waals surface area contributed by atoms with E-state index in [1.807, 2.05) is 31.4 Å². The van der Waals surface area contributed by atoms with Crippen LogP contribution in [0.2, 0.25) is 0 Å². The van der Waals surface area contributed by atoms with Crippen molar-refractivity contribution in [3.8, 4) is 0 Å². The number of nitrogens with zero attached hydrogens (tertiary/aromatic N) is 4. The van der Waals surface area contributed by atoms with Crippen LogP contribution in [-0.2, 0) is 13.1 Å². The molecule has 0 unspecified atom stereocenters. The Kier molecular flexibility index (Phi) is 5.04. The summed E-state index contributed by atoms with van der Waals surface area (Å²) in [4.78, 5) is 41.4. The maximum Gasteiger partial charge on any atom is 0.271 e. The molecule has 0 aliphatic rings. The van der Waals surface area contributed by atoms with Crippen LogP contribution in [0.5, 0.6) is 0 Å². The fourth-order valence-electron chi connectivity index (χ4n) is 3.50. The number of hydrogen-bond acceptors (Lipinski definition) is 6. The third kappa shape index (κ3) is 3.55. The summed E-state index contributed by atoms with van der Waals surface area (Å²) in [6.45, 7) is 4.39. The van der Waals surface area contributed by atoms with Gasteiger partial charge in [-0.2, -0.15) is 0 Å². The molecule has 4 rings (SSSR count). The molecule has 8 nitrogen and oxygen atoms in total. The van der Waals surface area contributed by atoms with E-state index in [4.69, 9.17) is 0 Å². The van der Waals surface area contributed by atoms with Crippen molar-refractivity contribution >= 4 is 33.7 Å². The molecule has 0 amide bonds. The Morgan fingerprint density at radius 2 is 2.03 bits per heavy atom. The molecule has 9 heteroatoms. The summed E-state index contributed by atoms with van der Waals surface area (Å²) in [5.41, 5.74) is 2.08. The highest BCUT2D eigenvalue weighted by molar-refractivity contribution is 7.09. The minimum absolute atomic E-state index is 0.138. The number of nitro benzene ring substituents is 1. The number of hydrogen-bond donors (Lipinski definition) is 0. The zero-order valence-corrected chi connectivity index (χ0v) is 17.2. The molecular weight excluding hydrogens is 404 g/mol. The van der Waals surface area contributed by atoms with E-state index in [0.29, 0.717) is 12.1 Å². The van der Waals surface area contributed by atoms with Crippen LogP contribution in [0.15, 0.2) is 52.9 Å². The molecule has 0 N–H and O–H groups in total. The lowest BCUT2D eigenvalue weighted by molar-refractivity contribution is -0.384. The van der Waals surface area contributed by atoms with Crippen molar-refractivity contribution < 1.29 is 9.72 Å². The van der Waals surface area contributed by atoms with Gasteiger partial charge >= 0.3 is 0 Å². The molecular formula is C21H18N4O4S. The van der Waals surface area contributed by atoms with Gasteiger partial charge in [0.25, 0.3) is 11.2 Å². The van der Waals surface area contributed by atoms with Crippen molar-refractivity contribution in [2.75, 3.05) is 0 Å². The van der Waals surface area contributed by atoms with Crippen LogP contribution in [-0.4, -0.2) is 24.8 Å². The fraction of sp³-hybridized carbons (Fsp3) is 0.190. The molecule has 0 radical (unpaired) electrons. The first-order valence-corrected chi connectivity index (χ1v) is 10.1. The fourth-order valence-corrected chi connectivity index (χ4v) is 4.19. The zero-order chi connectivity index (χ0) is 21.4. The van der Waals surface area contributed by atoms with Crippen molar-refractivity contribution in [3.05, 3.63) is 90.4 Å². The molecule has 3 aromatic heterocycles. The summed E-state index contributed by atoms with van der Waals surface area (Å²) in [6, 6.07) is 9.77. The SMILES string of the molecule is Cc1cc(C(=O)Cn2cnc3cc([N+](=O)[O-])ccc3c2=O)c(C)n1Cc1cccs1. The van der Waals surface area contributed by atoms with Crippen LogP contribution >= 0.6 is 11.3 Å². The number of benzene rings is 1. The number of fused-ring (bicyclic) bond motifs is 1. The van der Waals surface area contributed by atoms with E-state index in [0.717, 1.165) is 11.4 Å². The molecule has 0 saturated carbocycles. The first-order valence-electron chi connectivity index (χ1n) is 9.21. The van der Waals surface area contributed by atoms with E-state index < -0.39 is 10.5 Å². The number of nitro groups is 1. The van der Waals surface area contributed by atoms with Crippen molar-refractivity contribution in [1.29, 1.82) is 0 Å². The van der Waals surface area contributed by atoms with Crippen LogP contribution in [0.4, 0.5) is 5.69 Å². The van der Waals surface area contributed by atoms with Crippen LogP contribution in [0.25, 0.3) is 10.9 Å². The van der Waals surface area contributed by atoms with Gasteiger partial charge in [-0.15, -0.1) is 11.3 Å². The molecule has 0 spiro atoms. The van der Waals surface area contributed by atoms with E-state index in [1.54, 1.807) is 11.3 Å². The minimum atomic E-state index is -0.540. The lowest BCUT2D eigenvalue weighted by Gasteiger charge is -2.09. The predicted molar refractivity (Wildman–Crippen MR) is 114 cm³/mol. The topological polar surface area (TPSA) is 100 Å². The maximum absolute atomic E-state index is 12.9. The highest BCUT2D eigenvalue weighted by Gasteiger charge is 2.18. The van der Waals surface area contributed by atoms with Crippen LogP contribution in [0.3, 0.4) is 0 Å². The molecule has 152 valence electrons. The van der Waals surface area contributed by atoms with E-state index in [1.165, 1.54) is 34.0 Å². The Bertz CT molecular complexity index is 1340. The van der Waals surface area contributed by atoms with Gasteiger partial charge in [0.1, 0.15) is 0 Å². The van der Waals surface area contributed by atoms with Crippen LogP contribution in [0.1, 0.15) is 26.6 Å². The minimum Gasteiger partial charge on any atom is -0.343 e. The van der Waals surface area contributed by atoms with Crippen molar-refractivity contribution in [2.45, 2.75) is 26.9 Å². The van der Waals surface area contributed by atoms with Crippen LogP contribution < -0.4 is 5.56 Å². The van der Waals surface area contributed by atoms with Crippen molar-refractivity contribution in [2.24, 2.45) is 0 Å². The third-order valence-corrected chi connectivity index (χ3v) is 5.96. The molecule has 0 aliphatic carbocycles. The number of carbonyl (C=O) groups excluding carboxylic acids is 1. The summed E-state index contributed by atoms with van der Waals surface area (Å²) in [5.74, 6) is -0.189. The molecule has 0 atom stereocenters. The van der Waals surface area contributed by atoms with Gasteiger partial charge in [0.05, 0.1) is 35.2 Å². The Morgan fingerprint density at radius 1 is 1.23 bits per heavy atom. The number of ketones is 1. The van der Waals surface area contributed by atoms with E-state index in [2.05, 4.69) is 15.6 Å². The second kappa shape index (κ2) is 7.68. The largest absolute Gasteiger partial charge is 0.343 e. The summed E-state index contributed by atoms with van der Waals surface area (Å²) in [7, 11) is 0. The van der Waals surface area contributed by atoms with Gasteiger partial charge < -0.3 is 4.57 Å². The van der Waals surface area contributed by atoms with Gasteiger partial charge in [-0.1, -0.05) is 6.07 Å². The standard InChI is InChI=1S/C21H18N4O4S/c1-13-8-18(14(2)24(13)10-16-4-3-7-30-16)20(26)11-23-12-22-19-9-15(25(28)29)5-6-17(19)21(23)27/h3-9,12H,10-11H2,1-2H3. The Morgan fingerprint density at radius 3 is 2.73 bits per heavy atom. The summed E-state index contributed by atoms with van der Waals surface area (Å²) in [6.07, 6.45) is 1.26. The zero-order valence-electron chi connectivity index (χ0n) is 16.4. The molecule has 1 aromatic carbocycles. The summed E-state index contributed by atoms with van der Waals surface area (Å²) in [5, 5.41) is 13.2. The number of carbonyl (C=O) groups is 1. The normalized spacial score (nSPS) is 11.1. The van der Waals surface area contributed by atoms with Gasteiger partial charge in [-0.3, -0.25) is 24.3 Å². The van der Waals surface area contributed by atoms with Gasteiger partial charge in [-0.05, 0) is 37.4 Å². The number of aromatic nitrogens is 3. The second-order valence-electron chi connectivity index (χ2n) is 7.01.